The molecule has 1 amide bonds. The number of hydrogen-bond acceptors (Lipinski definition) is 5. The van der Waals surface area contributed by atoms with Gasteiger partial charge in [-0.25, -0.2) is 9.59 Å². The second-order valence-electron chi connectivity index (χ2n) is 6.02. The number of hydrogen-bond donors (Lipinski definition) is 0. The molecule has 0 saturated carbocycles. The number of methoxy groups -OCH3 is 1. The topological polar surface area (TPSA) is 72.9 Å². The van der Waals surface area contributed by atoms with Crippen LogP contribution in [0, 0.1) is 0 Å². The van der Waals surface area contributed by atoms with Crippen LogP contribution in [-0.2, 0) is 25.7 Å². The molecule has 2 rings (SSSR count). The second kappa shape index (κ2) is 7.95. The van der Waals surface area contributed by atoms with E-state index >= 15 is 0 Å². The quantitative estimate of drug-likeness (QED) is 0.748. The number of ketones is 1. The lowest BCUT2D eigenvalue weighted by atomic mass is 9.89. The van der Waals surface area contributed by atoms with Crippen LogP contribution in [0.15, 0.2) is 30.3 Å². The summed E-state index contributed by atoms with van der Waals surface area (Å²) < 4.78 is 10.3. The number of nitrogens with zero attached hydrogens (tertiary/aromatic N) is 1. The Bertz CT molecular complexity index is 601. The van der Waals surface area contributed by atoms with E-state index in [1.165, 1.54) is 18.9 Å². The maximum absolute atomic E-state index is 12.5. The van der Waals surface area contributed by atoms with E-state index in [4.69, 9.17) is 9.47 Å². The zero-order valence-corrected chi connectivity index (χ0v) is 14.1. The number of benzene rings is 1. The second-order valence-corrected chi connectivity index (χ2v) is 6.02. The van der Waals surface area contributed by atoms with E-state index in [9.17, 15) is 14.4 Å². The normalized spacial score (nSPS) is 19.8. The van der Waals surface area contributed by atoms with Crippen LogP contribution in [0.4, 0.5) is 4.79 Å². The number of carbonyl (C=O) groups excluding carboxylic acids is 3. The fraction of sp³-hybridized carbons (Fsp3) is 0.500. The van der Waals surface area contributed by atoms with Gasteiger partial charge in [-0.3, -0.25) is 4.90 Å². The summed E-state index contributed by atoms with van der Waals surface area (Å²) in [5.74, 6) is -0.513. The summed E-state index contributed by atoms with van der Waals surface area (Å²) in [6.07, 6.45) is 1.08. The summed E-state index contributed by atoms with van der Waals surface area (Å²) in [7, 11) is 1.30. The number of Topliss-reactive ketones (excluding diaryl/α,β-unsaturated/α-hetero) is 1. The van der Waals surface area contributed by atoms with E-state index in [1.54, 1.807) is 0 Å². The number of esters is 1. The first-order valence-corrected chi connectivity index (χ1v) is 8.06. The average Bonchev–Trinajstić information content (AvgIpc) is 3.03. The van der Waals surface area contributed by atoms with Crippen LogP contribution in [-0.4, -0.2) is 41.9 Å². The van der Waals surface area contributed by atoms with Crippen molar-refractivity contribution >= 4 is 17.8 Å². The van der Waals surface area contributed by atoms with Gasteiger partial charge in [0.1, 0.15) is 17.9 Å². The molecule has 1 atom stereocenters. The van der Waals surface area contributed by atoms with Crippen molar-refractivity contribution in [3.8, 4) is 0 Å². The fourth-order valence-electron chi connectivity index (χ4n) is 3.09. The highest BCUT2D eigenvalue weighted by molar-refractivity contribution is 5.87. The van der Waals surface area contributed by atoms with Gasteiger partial charge in [-0.05, 0) is 31.7 Å². The molecule has 6 nitrogen and oxygen atoms in total. The molecule has 1 saturated heterocycles. The summed E-state index contributed by atoms with van der Waals surface area (Å²) in [5, 5.41) is 0. The Balaban J connectivity index is 2.10. The summed E-state index contributed by atoms with van der Waals surface area (Å²) in [4.78, 5) is 37.6. The number of amides is 1. The summed E-state index contributed by atoms with van der Waals surface area (Å²) in [5.41, 5.74) is -0.230. The number of ether oxygens (including phenoxy) is 2. The fourth-order valence-corrected chi connectivity index (χ4v) is 3.09. The largest absolute Gasteiger partial charge is 0.467 e. The van der Waals surface area contributed by atoms with Crippen LogP contribution in [0.5, 0.6) is 0 Å². The third kappa shape index (κ3) is 3.93. The summed E-state index contributed by atoms with van der Waals surface area (Å²) >= 11 is 0. The van der Waals surface area contributed by atoms with E-state index in [1.807, 2.05) is 30.3 Å². The highest BCUT2D eigenvalue weighted by Gasteiger charge is 2.51. The van der Waals surface area contributed by atoms with Gasteiger partial charge >= 0.3 is 12.1 Å². The lowest BCUT2D eigenvalue weighted by Gasteiger charge is -2.35. The molecule has 0 radical (unpaired) electrons. The van der Waals surface area contributed by atoms with Crippen molar-refractivity contribution < 1.29 is 23.9 Å². The molecule has 1 aromatic rings. The smallest absolute Gasteiger partial charge is 0.411 e. The molecule has 0 aromatic heterocycles. The monoisotopic (exact) mass is 333 g/mol. The summed E-state index contributed by atoms with van der Waals surface area (Å²) in [6.45, 7) is 2.03. The van der Waals surface area contributed by atoms with Crippen molar-refractivity contribution in [2.24, 2.45) is 0 Å². The predicted octanol–water partition coefficient (Wildman–Crippen LogP) is 2.70. The van der Waals surface area contributed by atoms with Gasteiger partial charge in [-0.1, -0.05) is 30.3 Å². The van der Waals surface area contributed by atoms with Gasteiger partial charge in [0.2, 0.25) is 0 Å². The minimum atomic E-state index is -1.10. The van der Waals surface area contributed by atoms with E-state index < -0.39 is 17.6 Å². The van der Waals surface area contributed by atoms with Crippen LogP contribution in [0.3, 0.4) is 0 Å². The zero-order valence-electron chi connectivity index (χ0n) is 14.1. The molecular weight excluding hydrogens is 310 g/mol. The first kappa shape index (κ1) is 18.0. The first-order chi connectivity index (χ1) is 11.5. The maximum Gasteiger partial charge on any atom is 0.411 e. The lowest BCUT2D eigenvalue weighted by Crippen LogP contribution is -2.54. The van der Waals surface area contributed by atoms with E-state index in [-0.39, 0.29) is 25.2 Å². The van der Waals surface area contributed by atoms with Crippen molar-refractivity contribution in [3.05, 3.63) is 35.9 Å². The Labute approximate surface area is 141 Å². The average molecular weight is 333 g/mol. The van der Waals surface area contributed by atoms with Crippen molar-refractivity contribution in [2.45, 2.75) is 44.8 Å². The molecule has 0 unspecified atom stereocenters. The van der Waals surface area contributed by atoms with Crippen LogP contribution < -0.4 is 0 Å². The van der Waals surface area contributed by atoms with Crippen LogP contribution in [0.1, 0.15) is 38.2 Å². The molecule has 1 aromatic carbocycles. The predicted molar refractivity (Wildman–Crippen MR) is 87.2 cm³/mol. The van der Waals surface area contributed by atoms with Gasteiger partial charge in [0.15, 0.2) is 0 Å². The molecule has 1 heterocycles. The Hall–Kier alpha value is -2.37. The minimum Gasteiger partial charge on any atom is -0.467 e. The van der Waals surface area contributed by atoms with Crippen molar-refractivity contribution in [2.75, 3.05) is 13.7 Å². The van der Waals surface area contributed by atoms with E-state index in [0.29, 0.717) is 19.4 Å². The Morgan fingerprint density at radius 2 is 1.92 bits per heavy atom. The molecule has 130 valence electrons. The van der Waals surface area contributed by atoms with Gasteiger partial charge in [-0.15, -0.1) is 0 Å². The van der Waals surface area contributed by atoms with Crippen LogP contribution >= 0.6 is 0 Å². The molecule has 1 aliphatic rings. The molecule has 24 heavy (non-hydrogen) atoms. The Morgan fingerprint density at radius 1 is 1.21 bits per heavy atom. The number of likely N-dealkylation sites (tertiary alicyclic amines) is 1. The molecule has 1 aliphatic heterocycles. The maximum atomic E-state index is 12.5. The van der Waals surface area contributed by atoms with Gasteiger partial charge < -0.3 is 14.3 Å². The number of carbonyl (C=O) groups is 3. The van der Waals surface area contributed by atoms with Gasteiger partial charge in [0.25, 0.3) is 0 Å². The highest BCUT2D eigenvalue weighted by Crippen LogP contribution is 2.35. The van der Waals surface area contributed by atoms with Crippen molar-refractivity contribution in [3.63, 3.8) is 0 Å². The molecule has 0 aliphatic carbocycles. The van der Waals surface area contributed by atoms with Gasteiger partial charge in [-0.2, -0.15) is 0 Å². The zero-order chi connectivity index (χ0) is 17.6. The Morgan fingerprint density at radius 3 is 2.54 bits per heavy atom. The molecular formula is C18H23NO5. The van der Waals surface area contributed by atoms with Crippen LogP contribution in [0.25, 0.3) is 0 Å². The van der Waals surface area contributed by atoms with E-state index in [2.05, 4.69) is 0 Å². The third-order valence-electron chi connectivity index (χ3n) is 4.37. The molecule has 6 heteroatoms. The van der Waals surface area contributed by atoms with Crippen LogP contribution in [0.2, 0.25) is 0 Å². The molecule has 0 spiro atoms. The van der Waals surface area contributed by atoms with E-state index in [0.717, 1.165) is 5.56 Å². The molecule has 1 fully saturated rings. The molecule has 0 bridgehead atoms. The lowest BCUT2D eigenvalue weighted by molar-refractivity contribution is -0.153. The van der Waals surface area contributed by atoms with Crippen molar-refractivity contribution in [1.82, 2.24) is 4.90 Å². The van der Waals surface area contributed by atoms with Crippen molar-refractivity contribution in [1.29, 1.82) is 0 Å². The third-order valence-corrected chi connectivity index (χ3v) is 4.37. The standard InChI is InChI=1S/C18H23NO5/c1-14(20)9-11-18(16(21)23-2)10-6-12-19(18)17(22)24-13-15-7-4-3-5-8-15/h3-5,7-8H,6,9-13H2,1-2H3/t18-/m1/s1. The summed E-state index contributed by atoms with van der Waals surface area (Å²) in [6, 6.07) is 9.34. The minimum absolute atomic E-state index is 0.0252. The highest BCUT2D eigenvalue weighted by atomic mass is 16.6. The SMILES string of the molecule is COC(=O)[C@]1(CCC(C)=O)CCCN1C(=O)OCc1ccccc1. The molecule has 0 N–H and O–H groups in total. The number of rotatable bonds is 6. The van der Waals surface area contributed by atoms with Gasteiger partial charge in [0.05, 0.1) is 7.11 Å². The van der Waals surface area contributed by atoms with Gasteiger partial charge in [0, 0.05) is 13.0 Å². The first-order valence-electron chi connectivity index (χ1n) is 8.06. The Kier molecular flexibility index (Phi) is 5.95.